The minimum Gasteiger partial charge on any atom is -0.480 e. The average molecular weight is 485 g/mol. The molecule has 0 spiro atoms. The van der Waals surface area contributed by atoms with Gasteiger partial charge in [-0.05, 0) is 43.7 Å². The number of nitrogens with two attached hydrogens (primary N) is 2. The number of carbonyl (C=O) groups excluding carboxylic acids is 1. The summed E-state index contributed by atoms with van der Waals surface area (Å²) in [5.41, 5.74) is 9.57. The number of nitrogens with one attached hydrogen (secondary N) is 2. The van der Waals surface area contributed by atoms with Crippen molar-refractivity contribution in [2.75, 3.05) is 17.0 Å². The van der Waals surface area contributed by atoms with Crippen molar-refractivity contribution < 1.29 is 23.1 Å². The molecule has 1 amide bonds. The van der Waals surface area contributed by atoms with Crippen LogP contribution in [0.2, 0.25) is 0 Å². The fourth-order valence-corrected chi connectivity index (χ4v) is 5.30. The number of nitrogens with zero attached hydrogens (tertiary/aromatic N) is 2. The molecular weight excluding hydrogens is 452 g/mol. The first-order valence-corrected chi connectivity index (χ1v) is 12.5. The summed E-state index contributed by atoms with van der Waals surface area (Å²) in [7, 11) is -3.72. The summed E-state index contributed by atoms with van der Waals surface area (Å²) in [4.78, 5) is 40.2. The van der Waals surface area contributed by atoms with Crippen molar-refractivity contribution in [2.45, 2.75) is 57.5 Å². The number of pyridine rings is 1. The van der Waals surface area contributed by atoms with Crippen molar-refractivity contribution in [1.29, 1.82) is 0 Å². The lowest BCUT2D eigenvalue weighted by Gasteiger charge is -2.21. The maximum Gasteiger partial charge on any atom is 0.326 e. The Morgan fingerprint density at radius 3 is 2.58 bits per heavy atom. The summed E-state index contributed by atoms with van der Waals surface area (Å²) < 4.78 is 28.4. The van der Waals surface area contributed by atoms with Crippen LogP contribution in [-0.4, -0.2) is 54.3 Å². The van der Waals surface area contributed by atoms with E-state index < -0.39 is 40.0 Å². The number of aliphatic carboxylic acids is 1. The first kappa shape index (κ1) is 26.2. The average Bonchev–Trinajstić information content (AvgIpc) is 2.73. The van der Waals surface area contributed by atoms with Crippen LogP contribution in [0.5, 0.6) is 0 Å². The maximum atomic E-state index is 12.7. The Labute approximate surface area is 192 Å². The number of aromatic nitrogens is 1. The van der Waals surface area contributed by atoms with Gasteiger partial charge in [0.25, 0.3) is 5.56 Å². The van der Waals surface area contributed by atoms with Gasteiger partial charge in [-0.2, -0.15) is 0 Å². The zero-order chi connectivity index (χ0) is 24.4. The number of carbonyl (C=O) groups is 2. The third-order valence-corrected chi connectivity index (χ3v) is 6.80. The Hall–Kier alpha value is -3.09. The molecular formula is C20H32N6O6S. The van der Waals surface area contributed by atoms with E-state index in [9.17, 15) is 27.9 Å². The monoisotopic (exact) mass is 484 g/mol. The van der Waals surface area contributed by atoms with Crippen LogP contribution in [0.4, 0.5) is 5.69 Å². The van der Waals surface area contributed by atoms with Gasteiger partial charge in [-0.15, -0.1) is 0 Å². The zero-order valence-electron chi connectivity index (χ0n) is 18.4. The topological polar surface area (TPSA) is 199 Å². The standard InChI is InChI=1S/C20H32N6O6S/c21-20(22)23-10-4-8-16(19(29)30)24-17(27)12-26-11-5-9-15(18(26)28)25-33(31,32)13-14-6-2-1-3-7-14/h5,9,11,14,16,25H,1-4,6-8,10,12-13H2,(H,24,27)(H,29,30)(H4,21,22,23)/t16-/m0/s1. The minimum atomic E-state index is -3.72. The van der Waals surface area contributed by atoms with Crippen LogP contribution in [0.3, 0.4) is 0 Å². The van der Waals surface area contributed by atoms with Gasteiger partial charge in [0, 0.05) is 12.7 Å². The number of carboxylic acid groups (broad SMARTS) is 1. The highest BCUT2D eigenvalue weighted by Crippen LogP contribution is 2.25. The highest BCUT2D eigenvalue weighted by molar-refractivity contribution is 7.92. The summed E-state index contributed by atoms with van der Waals surface area (Å²) in [5, 5.41) is 11.7. The van der Waals surface area contributed by atoms with E-state index in [1.165, 1.54) is 18.3 Å². The number of rotatable bonds is 12. The molecule has 1 saturated carbocycles. The van der Waals surface area contributed by atoms with Gasteiger partial charge < -0.3 is 26.5 Å². The Balaban J connectivity index is 1.99. The van der Waals surface area contributed by atoms with Crippen LogP contribution in [-0.2, 0) is 26.2 Å². The van der Waals surface area contributed by atoms with E-state index in [0.717, 1.165) is 36.7 Å². The van der Waals surface area contributed by atoms with Crippen molar-refractivity contribution in [2.24, 2.45) is 22.4 Å². The molecule has 13 heteroatoms. The molecule has 1 heterocycles. The molecule has 1 aliphatic carbocycles. The molecule has 7 N–H and O–H groups in total. The van der Waals surface area contributed by atoms with Gasteiger partial charge in [0.1, 0.15) is 18.3 Å². The summed E-state index contributed by atoms with van der Waals surface area (Å²) >= 11 is 0. The van der Waals surface area contributed by atoms with Crippen molar-refractivity contribution in [3.63, 3.8) is 0 Å². The number of hydrogen-bond acceptors (Lipinski definition) is 6. The van der Waals surface area contributed by atoms with Gasteiger partial charge in [0.05, 0.1) is 5.75 Å². The van der Waals surface area contributed by atoms with Gasteiger partial charge in [-0.3, -0.25) is 19.3 Å². The number of guanidine groups is 1. The molecule has 1 aromatic heterocycles. The number of amides is 1. The van der Waals surface area contributed by atoms with Crippen molar-refractivity contribution in [3.05, 3.63) is 28.7 Å². The highest BCUT2D eigenvalue weighted by atomic mass is 32.2. The molecule has 1 aromatic rings. The fraction of sp³-hybridized carbons (Fsp3) is 0.600. The van der Waals surface area contributed by atoms with Crippen molar-refractivity contribution in [3.8, 4) is 0 Å². The van der Waals surface area contributed by atoms with E-state index in [-0.39, 0.29) is 36.3 Å². The lowest BCUT2D eigenvalue weighted by molar-refractivity contribution is -0.142. The molecule has 33 heavy (non-hydrogen) atoms. The van der Waals surface area contributed by atoms with Crippen molar-refractivity contribution in [1.82, 2.24) is 9.88 Å². The summed E-state index contributed by atoms with van der Waals surface area (Å²) in [6, 6.07) is 1.59. The third kappa shape index (κ3) is 9.12. The normalized spacial score (nSPS) is 15.4. The molecule has 0 saturated heterocycles. The molecule has 1 fully saturated rings. The highest BCUT2D eigenvalue weighted by Gasteiger charge is 2.23. The summed E-state index contributed by atoms with van der Waals surface area (Å²) in [6.07, 6.45) is 6.54. The fourth-order valence-electron chi connectivity index (χ4n) is 3.77. The number of anilines is 1. The summed E-state index contributed by atoms with van der Waals surface area (Å²) in [5.74, 6) is -2.03. The van der Waals surface area contributed by atoms with E-state index >= 15 is 0 Å². The Morgan fingerprint density at radius 1 is 1.24 bits per heavy atom. The Kier molecular flexibility index (Phi) is 9.70. The molecule has 0 aromatic carbocycles. The quantitative estimate of drug-likeness (QED) is 0.152. The van der Waals surface area contributed by atoms with Gasteiger partial charge in [0.15, 0.2) is 5.96 Å². The van der Waals surface area contributed by atoms with Crippen LogP contribution in [0.15, 0.2) is 28.1 Å². The van der Waals surface area contributed by atoms with E-state index in [2.05, 4.69) is 15.0 Å². The number of hydrogen-bond donors (Lipinski definition) is 5. The van der Waals surface area contributed by atoms with E-state index in [4.69, 9.17) is 11.5 Å². The van der Waals surface area contributed by atoms with Gasteiger partial charge in [-0.25, -0.2) is 13.2 Å². The molecule has 0 bridgehead atoms. The smallest absolute Gasteiger partial charge is 0.326 e. The third-order valence-electron chi connectivity index (χ3n) is 5.36. The van der Waals surface area contributed by atoms with Gasteiger partial charge >= 0.3 is 5.97 Å². The lowest BCUT2D eigenvalue weighted by Crippen LogP contribution is -2.43. The second-order valence-corrected chi connectivity index (χ2v) is 9.92. The van der Waals surface area contributed by atoms with E-state index in [1.807, 2.05) is 0 Å². The minimum absolute atomic E-state index is 0.0536. The Morgan fingerprint density at radius 2 is 1.94 bits per heavy atom. The van der Waals surface area contributed by atoms with E-state index in [0.29, 0.717) is 6.42 Å². The molecule has 2 rings (SSSR count). The predicted molar refractivity (Wildman–Crippen MR) is 124 cm³/mol. The predicted octanol–water partition coefficient (Wildman–Crippen LogP) is -0.207. The van der Waals surface area contributed by atoms with Gasteiger partial charge in [0.2, 0.25) is 15.9 Å². The molecule has 184 valence electrons. The van der Waals surface area contributed by atoms with Crippen LogP contribution >= 0.6 is 0 Å². The number of aliphatic imine (C=N–C) groups is 1. The lowest BCUT2D eigenvalue weighted by atomic mass is 9.91. The largest absolute Gasteiger partial charge is 0.480 e. The molecule has 0 aliphatic heterocycles. The first-order valence-electron chi connectivity index (χ1n) is 10.8. The Bertz CT molecular complexity index is 1010. The first-order chi connectivity index (χ1) is 15.6. The van der Waals surface area contributed by atoms with Gasteiger partial charge in [-0.1, -0.05) is 19.3 Å². The zero-order valence-corrected chi connectivity index (χ0v) is 19.2. The summed E-state index contributed by atoms with van der Waals surface area (Å²) in [6.45, 7) is -0.251. The maximum absolute atomic E-state index is 12.7. The number of carboxylic acids is 1. The molecule has 12 nitrogen and oxygen atoms in total. The SMILES string of the molecule is NC(N)=NCCC[C@H](NC(=O)Cn1cccc(NS(=O)(=O)CC2CCCCC2)c1=O)C(=O)O. The molecule has 0 radical (unpaired) electrons. The molecule has 1 aliphatic rings. The van der Waals surface area contributed by atoms with Crippen LogP contribution in [0.1, 0.15) is 44.9 Å². The number of sulfonamides is 1. The molecule has 0 unspecified atom stereocenters. The van der Waals surface area contributed by atoms with Crippen LogP contribution in [0.25, 0.3) is 0 Å². The molecule has 1 atom stereocenters. The van der Waals surface area contributed by atoms with Crippen molar-refractivity contribution >= 4 is 33.5 Å². The van der Waals surface area contributed by atoms with Crippen LogP contribution < -0.4 is 27.1 Å². The van der Waals surface area contributed by atoms with Crippen LogP contribution in [0, 0.1) is 5.92 Å². The second-order valence-electron chi connectivity index (χ2n) is 8.15. The second kappa shape index (κ2) is 12.2. The van der Waals surface area contributed by atoms with E-state index in [1.54, 1.807) is 0 Å².